The Morgan fingerprint density at radius 3 is 2.95 bits per heavy atom. The first-order valence-corrected chi connectivity index (χ1v) is 8.05. The molecule has 0 amide bonds. The lowest BCUT2D eigenvalue weighted by molar-refractivity contribution is 0.274. The van der Waals surface area contributed by atoms with E-state index < -0.39 is 0 Å². The highest BCUT2D eigenvalue weighted by molar-refractivity contribution is 5.93. The minimum absolute atomic E-state index is 0.543. The summed E-state index contributed by atoms with van der Waals surface area (Å²) in [5.74, 6) is 0.649. The van der Waals surface area contributed by atoms with Gasteiger partial charge < -0.3 is 10.2 Å². The highest BCUT2D eigenvalue weighted by atomic mass is 15.2. The first kappa shape index (κ1) is 14.3. The molecule has 0 aliphatic carbocycles. The Morgan fingerprint density at radius 1 is 1.29 bits per heavy atom. The first-order chi connectivity index (χ1) is 10.2. The van der Waals surface area contributed by atoms with Crippen LogP contribution in [0.1, 0.15) is 27.2 Å². The van der Waals surface area contributed by atoms with Gasteiger partial charge in [0.2, 0.25) is 0 Å². The summed E-state index contributed by atoms with van der Waals surface area (Å²) in [6.45, 7) is 9.10. The smallest absolute Gasteiger partial charge is 0.0449 e. The monoisotopic (exact) mass is 283 g/mol. The van der Waals surface area contributed by atoms with Crippen molar-refractivity contribution in [2.45, 2.75) is 39.3 Å². The summed E-state index contributed by atoms with van der Waals surface area (Å²) in [6, 6.07) is 9.86. The number of rotatable bonds is 3. The van der Waals surface area contributed by atoms with Gasteiger partial charge in [0.25, 0.3) is 0 Å². The van der Waals surface area contributed by atoms with Gasteiger partial charge in [-0.2, -0.15) is 0 Å². The molecule has 112 valence electrons. The fraction of sp³-hybridized carbons (Fsp3) is 0.500. The molecule has 3 unspecified atom stereocenters. The molecule has 1 N–H and O–H groups in total. The summed E-state index contributed by atoms with van der Waals surface area (Å²) >= 11 is 0. The topological polar surface area (TPSA) is 28.2 Å². The van der Waals surface area contributed by atoms with Crippen molar-refractivity contribution in [1.82, 2.24) is 10.3 Å². The van der Waals surface area contributed by atoms with E-state index in [0.29, 0.717) is 18.0 Å². The number of nitrogens with one attached hydrogen (secondary N) is 1. The molecular formula is C18H25N3. The standard InChI is InChI=1S/C18H25N3/c1-4-20-17-9-11-21(14(3)13(17)2)18-7-5-6-15-12-19-10-8-16(15)18/h5-8,10,12-14,17,20H,4,9,11H2,1-3H3. The van der Waals surface area contributed by atoms with Gasteiger partial charge in [0.1, 0.15) is 0 Å². The molecule has 3 heteroatoms. The molecule has 1 aliphatic rings. The van der Waals surface area contributed by atoms with Gasteiger partial charge in [0.05, 0.1) is 0 Å². The third-order valence-corrected chi connectivity index (χ3v) is 5.00. The maximum atomic E-state index is 4.24. The summed E-state index contributed by atoms with van der Waals surface area (Å²) in [7, 11) is 0. The van der Waals surface area contributed by atoms with Crippen molar-refractivity contribution in [1.29, 1.82) is 0 Å². The zero-order valence-electron chi connectivity index (χ0n) is 13.2. The fourth-order valence-electron chi connectivity index (χ4n) is 3.61. The van der Waals surface area contributed by atoms with Crippen molar-refractivity contribution in [3.8, 4) is 0 Å². The van der Waals surface area contributed by atoms with E-state index in [2.05, 4.69) is 60.2 Å². The van der Waals surface area contributed by atoms with Crippen LogP contribution >= 0.6 is 0 Å². The molecule has 2 heterocycles. The second-order valence-corrected chi connectivity index (χ2v) is 6.12. The van der Waals surface area contributed by atoms with E-state index in [1.165, 1.54) is 22.9 Å². The largest absolute Gasteiger partial charge is 0.368 e. The van der Waals surface area contributed by atoms with Crippen molar-refractivity contribution in [2.24, 2.45) is 5.92 Å². The van der Waals surface area contributed by atoms with Crippen molar-refractivity contribution in [2.75, 3.05) is 18.0 Å². The summed E-state index contributed by atoms with van der Waals surface area (Å²) in [4.78, 5) is 6.81. The Morgan fingerprint density at radius 2 is 2.14 bits per heavy atom. The van der Waals surface area contributed by atoms with Gasteiger partial charge in [0, 0.05) is 47.5 Å². The highest BCUT2D eigenvalue weighted by Crippen LogP contribution is 2.33. The predicted octanol–water partition coefficient (Wildman–Crippen LogP) is 3.45. The molecule has 0 spiro atoms. The molecule has 1 aliphatic heterocycles. The molecule has 1 aromatic heterocycles. The molecule has 0 radical (unpaired) electrons. The molecule has 3 atom stereocenters. The maximum Gasteiger partial charge on any atom is 0.0449 e. The van der Waals surface area contributed by atoms with E-state index in [9.17, 15) is 0 Å². The SMILES string of the molecule is CCNC1CCN(c2cccc3cnccc23)C(C)C1C. The minimum Gasteiger partial charge on any atom is -0.368 e. The predicted molar refractivity (Wildman–Crippen MR) is 89.8 cm³/mol. The average molecular weight is 283 g/mol. The van der Waals surface area contributed by atoms with Crippen molar-refractivity contribution < 1.29 is 0 Å². The second-order valence-electron chi connectivity index (χ2n) is 6.12. The molecule has 1 fully saturated rings. The van der Waals surface area contributed by atoms with Gasteiger partial charge in [0.15, 0.2) is 0 Å². The Labute approximate surface area is 127 Å². The number of hydrogen-bond donors (Lipinski definition) is 1. The normalized spacial score (nSPS) is 26.2. The van der Waals surface area contributed by atoms with Crippen LogP contribution in [-0.4, -0.2) is 30.2 Å². The molecule has 3 nitrogen and oxygen atoms in total. The quantitative estimate of drug-likeness (QED) is 0.935. The van der Waals surface area contributed by atoms with Crippen LogP contribution in [0.4, 0.5) is 5.69 Å². The molecule has 1 aromatic carbocycles. The molecule has 0 saturated carbocycles. The van der Waals surface area contributed by atoms with E-state index in [4.69, 9.17) is 0 Å². The number of pyridine rings is 1. The number of hydrogen-bond acceptors (Lipinski definition) is 3. The van der Waals surface area contributed by atoms with Gasteiger partial charge in [-0.3, -0.25) is 4.98 Å². The highest BCUT2D eigenvalue weighted by Gasteiger charge is 2.32. The third-order valence-electron chi connectivity index (χ3n) is 5.00. The first-order valence-electron chi connectivity index (χ1n) is 8.05. The third kappa shape index (κ3) is 2.62. The van der Waals surface area contributed by atoms with Crippen LogP contribution in [0, 0.1) is 5.92 Å². The van der Waals surface area contributed by atoms with Crippen LogP contribution in [0.15, 0.2) is 36.7 Å². The van der Waals surface area contributed by atoms with Crippen LogP contribution < -0.4 is 10.2 Å². The molecule has 2 aromatic rings. The van der Waals surface area contributed by atoms with Crippen molar-refractivity contribution in [3.63, 3.8) is 0 Å². The van der Waals surface area contributed by atoms with Gasteiger partial charge >= 0.3 is 0 Å². The van der Waals surface area contributed by atoms with E-state index in [1.54, 1.807) is 0 Å². The van der Waals surface area contributed by atoms with E-state index in [1.807, 2.05) is 12.4 Å². The number of nitrogens with zero attached hydrogens (tertiary/aromatic N) is 2. The Balaban J connectivity index is 1.93. The second kappa shape index (κ2) is 6.02. The van der Waals surface area contributed by atoms with Crippen LogP contribution in [-0.2, 0) is 0 Å². The van der Waals surface area contributed by atoms with Gasteiger partial charge in [-0.15, -0.1) is 0 Å². The van der Waals surface area contributed by atoms with Crippen molar-refractivity contribution in [3.05, 3.63) is 36.7 Å². The van der Waals surface area contributed by atoms with Crippen LogP contribution in [0.2, 0.25) is 0 Å². The number of anilines is 1. The zero-order valence-corrected chi connectivity index (χ0v) is 13.2. The number of benzene rings is 1. The van der Waals surface area contributed by atoms with E-state index in [-0.39, 0.29) is 0 Å². The summed E-state index contributed by atoms with van der Waals surface area (Å²) in [6.07, 6.45) is 5.06. The molecule has 3 rings (SSSR count). The summed E-state index contributed by atoms with van der Waals surface area (Å²) in [5.41, 5.74) is 1.35. The van der Waals surface area contributed by atoms with Crippen LogP contribution in [0.3, 0.4) is 0 Å². The van der Waals surface area contributed by atoms with E-state index >= 15 is 0 Å². The Kier molecular flexibility index (Phi) is 4.11. The maximum absolute atomic E-state index is 4.24. The summed E-state index contributed by atoms with van der Waals surface area (Å²) in [5, 5.41) is 6.18. The number of aromatic nitrogens is 1. The number of piperidine rings is 1. The Hall–Kier alpha value is -1.61. The number of fused-ring (bicyclic) bond motifs is 1. The minimum atomic E-state index is 0.543. The lowest BCUT2D eigenvalue weighted by Crippen LogP contribution is -2.53. The lowest BCUT2D eigenvalue weighted by atomic mass is 9.86. The fourth-order valence-corrected chi connectivity index (χ4v) is 3.61. The van der Waals surface area contributed by atoms with Gasteiger partial charge in [-0.05, 0) is 37.9 Å². The average Bonchev–Trinajstić information content (AvgIpc) is 2.52. The van der Waals surface area contributed by atoms with Gasteiger partial charge in [-0.1, -0.05) is 26.0 Å². The summed E-state index contributed by atoms with van der Waals surface area (Å²) < 4.78 is 0. The van der Waals surface area contributed by atoms with E-state index in [0.717, 1.165) is 13.1 Å². The molecule has 0 bridgehead atoms. The van der Waals surface area contributed by atoms with Crippen molar-refractivity contribution >= 4 is 16.5 Å². The molecule has 21 heavy (non-hydrogen) atoms. The van der Waals surface area contributed by atoms with Crippen LogP contribution in [0.5, 0.6) is 0 Å². The molecular weight excluding hydrogens is 258 g/mol. The lowest BCUT2D eigenvalue weighted by Gasteiger charge is -2.44. The molecule has 1 saturated heterocycles. The Bertz CT molecular complexity index is 605. The van der Waals surface area contributed by atoms with Crippen LogP contribution in [0.25, 0.3) is 10.8 Å². The van der Waals surface area contributed by atoms with Gasteiger partial charge in [-0.25, -0.2) is 0 Å². The zero-order chi connectivity index (χ0) is 14.8.